The second-order valence-corrected chi connectivity index (χ2v) is 7.05. The minimum Gasteiger partial charge on any atom is -0.494 e. The van der Waals surface area contributed by atoms with Gasteiger partial charge >= 0.3 is 11.1 Å². The number of aromatic nitrogens is 2. The molecule has 3 N–H and O–H groups in total. The first-order valence-corrected chi connectivity index (χ1v) is 8.81. The molecule has 1 aromatic heterocycles. The molecule has 140 valence electrons. The summed E-state index contributed by atoms with van der Waals surface area (Å²) in [6, 6.07) is 7.15. The van der Waals surface area contributed by atoms with Crippen molar-refractivity contribution >= 4 is 32.4 Å². The van der Waals surface area contributed by atoms with E-state index in [0.29, 0.717) is 0 Å². The van der Waals surface area contributed by atoms with Crippen LogP contribution in [0, 0.1) is 10.1 Å². The molecule has 1 heterocycles. The molecule has 0 aliphatic rings. The number of aromatic amines is 2. The number of nitro groups is 1. The summed E-state index contributed by atoms with van der Waals surface area (Å²) in [6.45, 7) is 0. The lowest BCUT2D eigenvalue weighted by atomic mass is 10.2. The molecule has 0 spiro atoms. The summed E-state index contributed by atoms with van der Waals surface area (Å²) in [4.78, 5) is 37.3. The molecule has 3 rings (SSSR count). The molecule has 0 unspecified atom stereocenters. The lowest BCUT2D eigenvalue weighted by Crippen LogP contribution is -2.29. The van der Waals surface area contributed by atoms with Crippen LogP contribution in [0.3, 0.4) is 0 Å². The summed E-state index contributed by atoms with van der Waals surface area (Å²) in [5, 5.41) is 10.8. The molecular weight excluding hydrogens is 380 g/mol. The van der Waals surface area contributed by atoms with Crippen LogP contribution in [0.15, 0.2) is 50.9 Å². The number of H-pyrrole nitrogens is 2. The normalized spacial score (nSPS) is 11.3. The Labute approximate surface area is 150 Å². The van der Waals surface area contributed by atoms with Crippen LogP contribution in [0.4, 0.5) is 11.4 Å². The van der Waals surface area contributed by atoms with Gasteiger partial charge in [0, 0.05) is 6.07 Å². The average Bonchev–Trinajstić information content (AvgIpc) is 2.62. The fourth-order valence-corrected chi connectivity index (χ4v) is 3.44. The van der Waals surface area contributed by atoms with Crippen molar-refractivity contribution in [2.24, 2.45) is 0 Å². The number of sulfonamides is 1. The van der Waals surface area contributed by atoms with Crippen molar-refractivity contribution in [1.29, 1.82) is 0 Å². The van der Waals surface area contributed by atoms with E-state index < -0.39 is 26.1 Å². The predicted molar refractivity (Wildman–Crippen MR) is 95.6 cm³/mol. The fraction of sp³-hybridized carbons (Fsp3) is 0.0667. The minimum absolute atomic E-state index is 0.00170. The van der Waals surface area contributed by atoms with Gasteiger partial charge in [0.15, 0.2) is 0 Å². The monoisotopic (exact) mass is 392 g/mol. The van der Waals surface area contributed by atoms with Gasteiger partial charge in [0.1, 0.15) is 5.75 Å². The zero-order valence-electron chi connectivity index (χ0n) is 13.7. The summed E-state index contributed by atoms with van der Waals surface area (Å²) in [7, 11) is -2.86. The van der Waals surface area contributed by atoms with Crippen molar-refractivity contribution in [3.05, 3.63) is 67.2 Å². The molecule has 12 heteroatoms. The number of anilines is 1. The molecular formula is C15H12N4O7S. The van der Waals surface area contributed by atoms with E-state index in [9.17, 15) is 28.1 Å². The number of fused-ring (bicyclic) bond motifs is 1. The highest BCUT2D eigenvalue weighted by Gasteiger charge is 2.19. The number of nitrogens with zero attached hydrogens (tertiary/aromatic N) is 1. The number of non-ortho nitro benzene ring substituents is 1. The second kappa shape index (κ2) is 6.57. The summed E-state index contributed by atoms with van der Waals surface area (Å²) in [6.07, 6.45) is 0. The van der Waals surface area contributed by atoms with E-state index in [2.05, 4.69) is 14.7 Å². The van der Waals surface area contributed by atoms with Crippen LogP contribution in [0.5, 0.6) is 5.75 Å². The van der Waals surface area contributed by atoms with E-state index in [1.165, 1.54) is 31.4 Å². The van der Waals surface area contributed by atoms with Crippen LogP contribution in [-0.2, 0) is 10.0 Å². The summed E-state index contributed by atoms with van der Waals surface area (Å²) in [5.74, 6) is -0.0358. The highest BCUT2D eigenvalue weighted by molar-refractivity contribution is 7.92. The lowest BCUT2D eigenvalue weighted by Gasteiger charge is -2.12. The largest absolute Gasteiger partial charge is 0.494 e. The third kappa shape index (κ3) is 3.50. The number of nitro benzene ring substituents is 1. The van der Waals surface area contributed by atoms with Crippen molar-refractivity contribution in [3.8, 4) is 5.75 Å². The third-order valence-electron chi connectivity index (χ3n) is 3.64. The molecule has 0 saturated heterocycles. The Balaban J connectivity index is 2.03. The molecule has 0 radical (unpaired) electrons. The molecule has 0 aliphatic carbocycles. The van der Waals surface area contributed by atoms with Gasteiger partial charge in [0.05, 0.1) is 39.7 Å². The molecule has 11 nitrogen and oxygen atoms in total. The van der Waals surface area contributed by atoms with E-state index in [1.807, 2.05) is 0 Å². The molecule has 0 saturated carbocycles. The van der Waals surface area contributed by atoms with Gasteiger partial charge in [0.25, 0.3) is 15.7 Å². The minimum atomic E-state index is -4.11. The first-order chi connectivity index (χ1) is 12.7. The number of hydrogen-bond donors (Lipinski definition) is 3. The Morgan fingerprint density at radius 2 is 1.70 bits per heavy atom. The van der Waals surface area contributed by atoms with Gasteiger partial charge in [-0.3, -0.25) is 24.4 Å². The van der Waals surface area contributed by atoms with Crippen LogP contribution < -0.4 is 20.6 Å². The molecule has 3 aromatic rings. The van der Waals surface area contributed by atoms with Crippen molar-refractivity contribution in [1.82, 2.24) is 9.97 Å². The average molecular weight is 392 g/mol. The van der Waals surface area contributed by atoms with E-state index in [0.717, 1.165) is 12.1 Å². The smallest absolute Gasteiger partial charge is 0.314 e. The third-order valence-corrected chi connectivity index (χ3v) is 5.01. The number of benzene rings is 2. The Kier molecular flexibility index (Phi) is 4.41. The summed E-state index contributed by atoms with van der Waals surface area (Å²) in [5.41, 5.74) is -1.65. The predicted octanol–water partition coefficient (Wildman–Crippen LogP) is 0.934. The van der Waals surface area contributed by atoms with E-state index >= 15 is 0 Å². The molecule has 27 heavy (non-hydrogen) atoms. The standard InChI is InChI=1S/C15H12N4O7S/c1-26-13-6-8(19(22)23)2-4-11(13)18-27(24,25)9-3-5-10-12(7-9)17-15(21)14(20)16-10/h2-7,18H,1H3,(H,16,20)(H,17,21). The van der Waals surface area contributed by atoms with Gasteiger partial charge < -0.3 is 14.7 Å². The lowest BCUT2D eigenvalue weighted by molar-refractivity contribution is -0.384. The van der Waals surface area contributed by atoms with Gasteiger partial charge in [-0.1, -0.05) is 0 Å². The Bertz CT molecular complexity index is 1280. The molecule has 0 bridgehead atoms. The zero-order chi connectivity index (χ0) is 19.8. The van der Waals surface area contributed by atoms with E-state index in [4.69, 9.17) is 4.74 Å². The molecule has 0 aliphatic heterocycles. The highest BCUT2D eigenvalue weighted by Crippen LogP contribution is 2.31. The Hall–Kier alpha value is -3.67. The molecule has 2 aromatic carbocycles. The van der Waals surface area contributed by atoms with Crippen molar-refractivity contribution < 1.29 is 18.1 Å². The fourth-order valence-electron chi connectivity index (χ4n) is 2.34. The van der Waals surface area contributed by atoms with Gasteiger partial charge in [-0.2, -0.15) is 0 Å². The van der Waals surface area contributed by atoms with Gasteiger partial charge in [-0.15, -0.1) is 0 Å². The molecule has 0 fully saturated rings. The maximum Gasteiger partial charge on any atom is 0.314 e. The number of nitrogens with one attached hydrogen (secondary N) is 3. The van der Waals surface area contributed by atoms with Crippen molar-refractivity contribution in [3.63, 3.8) is 0 Å². The number of ether oxygens (including phenoxy) is 1. The Morgan fingerprint density at radius 1 is 1.04 bits per heavy atom. The molecule has 0 amide bonds. The topological polar surface area (TPSA) is 164 Å². The van der Waals surface area contributed by atoms with E-state index in [1.54, 1.807) is 0 Å². The van der Waals surface area contributed by atoms with E-state index in [-0.39, 0.29) is 33.1 Å². The van der Waals surface area contributed by atoms with Gasteiger partial charge in [-0.05, 0) is 24.3 Å². The van der Waals surface area contributed by atoms with Gasteiger partial charge in [-0.25, -0.2) is 8.42 Å². The first kappa shape index (κ1) is 18.1. The van der Waals surface area contributed by atoms with Crippen LogP contribution in [0.1, 0.15) is 0 Å². The second-order valence-electron chi connectivity index (χ2n) is 5.36. The van der Waals surface area contributed by atoms with Crippen LogP contribution >= 0.6 is 0 Å². The summed E-state index contributed by atoms with van der Waals surface area (Å²) >= 11 is 0. The van der Waals surface area contributed by atoms with Crippen LogP contribution in [0.25, 0.3) is 11.0 Å². The summed E-state index contributed by atoms with van der Waals surface area (Å²) < 4.78 is 32.5. The molecule has 0 atom stereocenters. The zero-order valence-corrected chi connectivity index (χ0v) is 14.5. The van der Waals surface area contributed by atoms with Gasteiger partial charge in [0.2, 0.25) is 0 Å². The highest BCUT2D eigenvalue weighted by atomic mass is 32.2. The number of rotatable bonds is 5. The Morgan fingerprint density at radius 3 is 2.33 bits per heavy atom. The SMILES string of the molecule is COc1cc([N+](=O)[O-])ccc1NS(=O)(=O)c1ccc2[nH]c(=O)c(=O)[nH]c2c1. The number of methoxy groups -OCH3 is 1. The van der Waals surface area contributed by atoms with Crippen LogP contribution in [-0.4, -0.2) is 30.4 Å². The van der Waals surface area contributed by atoms with Crippen LogP contribution in [0.2, 0.25) is 0 Å². The quantitative estimate of drug-likeness (QED) is 0.330. The maximum atomic E-state index is 12.6. The first-order valence-electron chi connectivity index (χ1n) is 7.33. The maximum absolute atomic E-state index is 12.6. The number of hydrogen-bond acceptors (Lipinski definition) is 7. The van der Waals surface area contributed by atoms with Crippen molar-refractivity contribution in [2.45, 2.75) is 4.90 Å². The van der Waals surface area contributed by atoms with Crippen molar-refractivity contribution in [2.75, 3.05) is 11.8 Å².